The van der Waals surface area contributed by atoms with Crippen LogP contribution in [-0.4, -0.2) is 24.5 Å². The van der Waals surface area contributed by atoms with Gasteiger partial charge < -0.3 is 9.64 Å². The van der Waals surface area contributed by atoms with Gasteiger partial charge in [-0.1, -0.05) is 24.3 Å². The fourth-order valence-electron chi connectivity index (χ4n) is 2.11. The van der Waals surface area contributed by atoms with E-state index in [9.17, 15) is 9.18 Å². The maximum absolute atomic E-state index is 13.1. The second kappa shape index (κ2) is 8.13. The molecule has 0 heterocycles. The third-order valence-electron chi connectivity index (χ3n) is 3.30. The van der Waals surface area contributed by atoms with Crippen LogP contribution in [0.4, 0.5) is 4.39 Å². The standard InChI is InChI=1S/C19H20FNO2/c1-3-23-18-10-7-16(8-11-18)14-21(2)19(22)12-9-15-5-4-6-17(20)13-15/h4-13H,3,14H2,1-2H3/b12-9+. The smallest absolute Gasteiger partial charge is 0.246 e. The lowest BCUT2D eigenvalue weighted by Gasteiger charge is -2.15. The van der Waals surface area contributed by atoms with Crippen molar-refractivity contribution in [1.82, 2.24) is 4.90 Å². The molecule has 0 bridgehead atoms. The van der Waals surface area contributed by atoms with Crippen LogP contribution in [0.25, 0.3) is 6.08 Å². The van der Waals surface area contributed by atoms with E-state index in [1.54, 1.807) is 30.2 Å². The Balaban J connectivity index is 1.94. The summed E-state index contributed by atoms with van der Waals surface area (Å²) < 4.78 is 18.5. The topological polar surface area (TPSA) is 29.5 Å². The van der Waals surface area contributed by atoms with Gasteiger partial charge in [0.2, 0.25) is 5.91 Å². The summed E-state index contributed by atoms with van der Waals surface area (Å²) in [7, 11) is 1.73. The van der Waals surface area contributed by atoms with E-state index in [4.69, 9.17) is 4.74 Å². The van der Waals surface area contributed by atoms with Gasteiger partial charge in [0, 0.05) is 19.7 Å². The van der Waals surface area contributed by atoms with Crippen molar-refractivity contribution >= 4 is 12.0 Å². The molecule has 0 atom stereocenters. The first-order valence-electron chi connectivity index (χ1n) is 7.49. The second-order valence-corrected chi connectivity index (χ2v) is 5.16. The first-order chi connectivity index (χ1) is 11.1. The third kappa shape index (κ3) is 5.25. The van der Waals surface area contributed by atoms with Gasteiger partial charge >= 0.3 is 0 Å². The Bertz CT molecular complexity index is 680. The van der Waals surface area contributed by atoms with Gasteiger partial charge in [0.15, 0.2) is 0 Å². The van der Waals surface area contributed by atoms with Crippen LogP contribution in [0.15, 0.2) is 54.6 Å². The quantitative estimate of drug-likeness (QED) is 0.757. The van der Waals surface area contributed by atoms with Crippen molar-refractivity contribution in [3.8, 4) is 5.75 Å². The van der Waals surface area contributed by atoms with Crippen molar-refractivity contribution in [2.24, 2.45) is 0 Å². The Morgan fingerprint density at radius 3 is 2.61 bits per heavy atom. The molecule has 0 N–H and O–H groups in total. The number of hydrogen-bond acceptors (Lipinski definition) is 2. The van der Waals surface area contributed by atoms with E-state index < -0.39 is 0 Å². The molecule has 4 heteroatoms. The third-order valence-corrected chi connectivity index (χ3v) is 3.30. The van der Waals surface area contributed by atoms with Crippen molar-refractivity contribution < 1.29 is 13.9 Å². The second-order valence-electron chi connectivity index (χ2n) is 5.16. The molecule has 23 heavy (non-hydrogen) atoms. The number of carbonyl (C=O) groups excluding carboxylic acids is 1. The number of halogens is 1. The van der Waals surface area contributed by atoms with Crippen LogP contribution in [-0.2, 0) is 11.3 Å². The minimum absolute atomic E-state index is 0.136. The summed E-state index contributed by atoms with van der Waals surface area (Å²) in [5.41, 5.74) is 1.68. The summed E-state index contributed by atoms with van der Waals surface area (Å²) in [5, 5.41) is 0. The van der Waals surface area contributed by atoms with Crippen molar-refractivity contribution in [1.29, 1.82) is 0 Å². The maximum Gasteiger partial charge on any atom is 0.246 e. The van der Waals surface area contributed by atoms with Crippen LogP contribution in [0.1, 0.15) is 18.1 Å². The number of likely N-dealkylation sites (N-methyl/N-ethyl adjacent to an activating group) is 1. The zero-order valence-corrected chi connectivity index (χ0v) is 13.3. The van der Waals surface area contributed by atoms with E-state index in [-0.39, 0.29) is 11.7 Å². The molecular formula is C19H20FNO2. The van der Waals surface area contributed by atoms with Gasteiger partial charge in [-0.15, -0.1) is 0 Å². The molecule has 2 rings (SSSR count). The van der Waals surface area contributed by atoms with Crippen molar-refractivity contribution in [2.75, 3.05) is 13.7 Å². The zero-order valence-electron chi connectivity index (χ0n) is 13.3. The Morgan fingerprint density at radius 1 is 1.22 bits per heavy atom. The Labute approximate surface area is 136 Å². The monoisotopic (exact) mass is 313 g/mol. The van der Waals surface area contributed by atoms with Gasteiger partial charge in [0.25, 0.3) is 0 Å². The Hall–Kier alpha value is -2.62. The van der Waals surface area contributed by atoms with Crippen LogP contribution in [0.5, 0.6) is 5.75 Å². The van der Waals surface area contributed by atoms with Gasteiger partial charge in [0.05, 0.1) is 6.61 Å². The molecule has 1 amide bonds. The summed E-state index contributed by atoms with van der Waals surface area (Å²) in [5.74, 6) is 0.363. The number of carbonyl (C=O) groups is 1. The molecule has 0 saturated carbocycles. The summed E-state index contributed by atoms with van der Waals surface area (Å²) in [6.45, 7) is 3.06. The molecule has 2 aromatic rings. The molecule has 120 valence electrons. The summed E-state index contributed by atoms with van der Waals surface area (Å²) in [6, 6.07) is 13.8. The highest BCUT2D eigenvalue weighted by atomic mass is 19.1. The summed E-state index contributed by atoms with van der Waals surface area (Å²) in [6.07, 6.45) is 3.06. The highest BCUT2D eigenvalue weighted by Crippen LogP contribution is 2.13. The molecule has 0 fully saturated rings. The van der Waals surface area contributed by atoms with Crippen LogP contribution in [0, 0.1) is 5.82 Å². The fourth-order valence-corrected chi connectivity index (χ4v) is 2.11. The predicted molar refractivity (Wildman–Crippen MR) is 89.5 cm³/mol. The van der Waals surface area contributed by atoms with E-state index in [1.807, 2.05) is 31.2 Å². The van der Waals surface area contributed by atoms with Gasteiger partial charge in [-0.3, -0.25) is 4.79 Å². The van der Waals surface area contributed by atoms with Crippen molar-refractivity contribution in [3.05, 3.63) is 71.6 Å². The van der Waals surface area contributed by atoms with Crippen LogP contribution < -0.4 is 4.74 Å². The Kier molecular flexibility index (Phi) is 5.92. The normalized spacial score (nSPS) is 10.7. The maximum atomic E-state index is 13.1. The van der Waals surface area contributed by atoms with Gasteiger partial charge in [-0.2, -0.15) is 0 Å². The number of nitrogens with zero attached hydrogens (tertiary/aromatic N) is 1. The van der Waals surface area contributed by atoms with Crippen molar-refractivity contribution in [3.63, 3.8) is 0 Å². The van der Waals surface area contributed by atoms with Gasteiger partial charge in [-0.05, 0) is 48.4 Å². The molecule has 0 aliphatic carbocycles. The molecule has 3 nitrogen and oxygen atoms in total. The molecule has 2 aromatic carbocycles. The largest absolute Gasteiger partial charge is 0.494 e. The fraction of sp³-hybridized carbons (Fsp3) is 0.211. The lowest BCUT2D eigenvalue weighted by molar-refractivity contribution is -0.125. The van der Waals surface area contributed by atoms with E-state index in [2.05, 4.69) is 0 Å². The molecule has 0 spiro atoms. The highest BCUT2D eigenvalue weighted by Gasteiger charge is 2.06. The minimum Gasteiger partial charge on any atom is -0.494 e. The average Bonchev–Trinajstić information content (AvgIpc) is 2.54. The number of amides is 1. The zero-order chi connectivity index (χ0) is 16.7. The first-order valence-corrected chi connectivity index (χ1v) is 7.49. The Morgan fingerprint density at radius 2 is 1.96 bits per heavy atom. The molecular weight excluding hydrogens is 293 g/mol. The van der Waals surface area contributed by atoms with Crippen LogP contribution >= 0.6 is 0 Å². The lowest BCUT2D eigenvalue weighted by Crippen LogP contribution is -2.24. The van der Waals surface area contributed by atoms with Crippen LogP contribution in [0.3, 0.4) is 0 Å². The molecule has 0 aromatic heterocycles. The average molecular weight is 313 g/mol. The number of rotatable bonds is 6. The number of ether oxygens (including phenoxy) is 1. The van der Waals surface area contributed by atoms with E-state index in [0.29, 0.717) is 18.7 Å². The van der Waals surface area contributed by atoms with E-state index in [0.717, 1.165) is 11.3 Å². The van der Waals surface area contributed by atoms with Gasteiger partial charge in [0.1, 0.15) is 11.6 Å². The molecule has 0 radical (unpaired) electrons. The predicted octanol–water partition coefficient (Wildman–Crippen LogP) is 3.90. The lowest BCUT2D eigenvalue weighted by atomic mass is 10.2. The summed E-state index contributed by atoms with van der Waals surface area (Å²) >= 11 is 0. The molecule has 0 aliphatic heterocycles. The summed E-state index contributed by atoms with van der Waals surface area (Å²) in [4.78, 5) is 13.7. The van der Waals surface area contributed by atoms with E-state index in [1.165, 1.54) is 18.2 Å². The molecule has 0 saturated heterocycles. The van der Waals surface area contributed by atoms with Crippen molar-refractivity contribution in [2.45, 2.75) is 13.5 Å². The highest BCUT2D eigenvalue weighted by molar-refractivity contribution is 5.91. The molecule has 0 aliphatic rings. The molecule has 0 unspecified atom stereocenters. The van der Waals surface area contributed by atoms with Gasteiger partial charge in [-0.25, -0.2) is 4.39 Å². The number of hydrogen-bond donors (Lipinski definition) is 0. The number of benzene rings is 2. The minimum atomic E-state index is -0.317. The van der Waals surface area contributed by atoms with E-state index >= 15 is 0 Å². The SMILES string of the molecule is CCOc1ccc(CN(C)C(=O)/C=C/c2cccc(F)c2)cc1. The van der Waals surface area contributed by atoms with Crippen LogP contribution in [0.2, 0.25) is 0 Å². The first kappa shape index (κ1) is 16.7.